The SMILES string of the molecule is Cn1ccc(NC(=O)C23CC4CC(CC(C4)C2)C3)n1. The molecule has 0 spiro atoms. The first-order valence-corrected chi connectivity index (χ1v) is 7.44. The molecule has 4 nitrogen and oxygen atoms in total. The van der Waals surface area contributed by atoms with E-state index < -0.39 is 0 Å². The molecule has 4 bridgehead atoms. The van der Waals surface area contributed by atoms with Crippen molar-refractivity contribution >= 4 is 11.7 Å². The Morgan fingerprint density at radius 2 is 1.84 bits per heavy atom. The maximum atomic E-state index is 12.7. The normalized spacial score (nSPS) is 39.5. The van der Waals surface area contributed by atoms with Gasteiger partial charge in [0.05, 0.1) is 5.41 Å². The number of amides is 1. The number of rotatable bonds is 2. The van der Waals surface area contributed by atoms with Gasteiger partial charge in [0.25, 0.3) is 0 Å². The molecule has 4 aliphatic carbocycles. The molecule has 1 aromatic rings. The number of carbonyl (C=O) groups is 1. The van der Waals surface area contributed by atoms with Gasteiger partial charge in [-0.3, -0.25) is 9.48 Å². The summed E-state index contributed by atoms with van der Waals surface area (Å²) in [5.41, 5.74) is -0.0771. The van der Waals surface area contributed by atoms with Gasteiger partial charge in [0.1, 0.15) is 0 Å². The zero-order valence-corrected chi connectivity index (χ0v) is 11.4. The second-order valence-electron chi connectivity index (χ2n) is 7.03. The highest BCUT2D eigenvalue weighted by molar-refractivity contribution is 5.94. The Kier molecular flexibility index (Phi) is 2.32. The highest BCUT2D eigenvalue weighted by atomic mass is 16.2. The van der Waals surface area contributed by atoms with Crippen LogP contribution in [0.25, 0.3) is 0 Å². The van der Waals surface area contributed by atoms with Gasteiger partial charge in [0.2, 0.25) is 5.91 Å². The van der Waals surface area contributed by atoms with Crippen molar-refractivity contribution in [3.8, 4) is 0 Å². The van der Waals surface area contributed by atoms with Crippen molar-refractivity contribution in [1.82, 2.24) is 9.78 Å². The Morgan fingerprint density at radius 3 is 2.32 bits per heavy atom. The van der Waals surface area contributed by atoms with Crippen LogP contribution in [0.3, 0.4) is 0 Å². The van der Waals surface area contributed by atoms with Crippen molar-refractivity contribution in [2.45, 2.75) is 38.5 Å². The molecule has 0 aromatic carbocycles. The molecule has 19 heavy (non-hydrogen) atoms. The summed E-state index contributed by atoms with van der Waals surface area (Å²) >= 11 is 0. The van der Waals surface area contributed by atoms with Gasteiger partial charge in [0, 0.05) is 19.3 Å². The number of anilines is 1. The molecule has 102 valence electrons. The molecule has 4 fully saturated rings. The van der Waals surface area contributed by atoms with Gasteiger partial charge >= 0.3 is 0 Å². The van der Waals surface area contributed by atoms with E-state index in [9.17, 15) is 4.79 Å². The van der Waals surface area contributed by atoms with Crippen LogP contribution in [-0.2, 0) is 11.8 Å². The third kappa shape index (κ3) is 1.80. The fourth-order valence-electron chi connectivity index (χ4n) is 5.12. The minimum Gasteiger partial charge on any atom is -0.309 e. The van der Waals surface area contributed by atoms with E-state index >= 15 is 0 Å². The first-order valence-electron chi connectivity index (χ1n) is 7.44. The first-order chi connectivity index (χ1) is 9.13. The third-order valence-corrected chi connectivity index (χ3v) is 5.48. The summed E-state index contributed by atoms with van der Waals surface area (Å²) in [6.07, 6.45) is 9.31. The molecule has 1 N–H and O–H groups in total. The first kappa shape index (κ1) is 11.5. The second-order valence-corrected chi connectivity index (χ2v) is 7.03. The predicted molar refractivity (Wildman–Crippen MR) is 72.4 cm³/mol. The standard InChI is InChI=1S/C15H21N3O/c1-18-3-2-13(17-18)16-14(19)15-7-10-4-11(8-15)6-12(5-10)9-15/h2-3,10-12H,4-9H2,1H3,(H,16,17,19). The lowest BCUT2D eigenvalue weighted by molar-refractivity contribution is -0.140. The van der Waals surface area contributed by atoms with Crippen LogP contribution in [0.15, 0.2) is 12.3 Å². The zero-order valence-electron chi connectivity index (χ0n) is 11.4. The number of aromatic nitrogens is 2. The molecule has 0 aliphatic heterocycles. The van der Waals surface area contributed by atoms with E-state index in [-0.39, 0.29) is 11.3 Å². The van der Waals surface area contributed by atoms with E-state index in [2.05, 4.69) is 10.4 Å². The number of hydrogen-bond donors (Lipinski definition) is 1. The molecule has 4 heteroatoms. The number of carbonyl (C=O) groups excluding carboxylic acids is 1. The van der Waals surface area contributed by atoms with Crippen molar-refractivity contribution in [2.75, 3.05) is 5.32 Å². The van der Waals surface area contributed by atoms with E-state index in [0.29, 0.717) is 5.82 Å². The molecule has 1 amide bonds. The Hall–Kier alpha value is -1.32. The number of hydrogen-bond acceptors (Lipinski definition) is 2. The van der Waals surface area contributed by atoms with Crippen LogP contribution in [0.5, 0.6) is 0 Å². The Bertz CT molecular complexity index is 484. The van der Waals surface area contributed by atoms with Crippen LogP contribution in [-0.4, -0.2) is 15.7 Å². The van der Waals surface area contributed by atoms with Crippen LogP contribution in [0.4, 0.5) is 5.82 Å². The van der Waals surface area contributed by atoms with Crippen LogP contribution in [0, 0.1) is 23.2 Å². The molecule has 0 saturated heterocycles. The minimum atomic E-state index is -0.0771. The van der Waals surface area contributed by atoms with E-state index in [1.54, 1.807) is 4.68 Å². The molecule has 4 saturated carbocycles. The van der Waals surface area contributed by atoms with Crippen LogP contribution in [0.1, 0.15) is 38.5 Å². The Labute approximate surface area is 113 Å². The second kappa shape index (κ2) is 3.84. The van der Waals surface area contributed by atoms with E-state index in [1.165, 1.54) is 19.3 Å². The van der Waals surface area contributed by atoms with E-state index in [1.807, 2.05) is 19.3 Å². The van der Waals surface area contributed by atoms with Gasteiger partial charge in [-0.2, -0.15) is 5.10 Å². The quantitative estimate of drug-likeness (QED) is 0.887. The molecular weight excluding hydrogens is 238 g/mol. The maximum absolute atomic E-state index is 12.7. The molecule has 1 aromatic heterocycles. The van der Waals surface area contributed by atoms with Gasteiger partial charge in [-0.25, -0.2) is 0 Å². The average Bonchev–Trinajstić information content (AvgIpc) is 2.73. The highest BCUT2D eigenvalue weighted by Crippen LogP contribution is 2.60. The van der Waals surface area contributed by atoms with Crippen LogP contribution >= 0.6 is 0 Å². The van der Waals surface area contributed by atoms with Crippen molar-refractivity contribution in [2.24, 2.45) is 30.2 Å². The Morgan fingerprint density at radius 1 is 1.26 bits per heavy atom. The van der Waals surface area contributed by atoms with Crippen LogP contribution < -0.4 is 5.32 Å². The van der Waals surface area contributed by atoms with E-state index in [0.717, 1.165) is 37.0 Å². The number of nitrogens with zero attached hydrogens (tertiary/aromatic N) is 2. The lowest BCUT2D eigenvalue weighted by Gasteiger charge is -2.55. The van der Waals surface area contributed by atoms with Gasteiger partial charge in [-0.05, 0) is 56.3 Å². The maximum Gasteiger partial charge on any atom is 0.231 e. The number of aryl methyl sites for hydroxylation is 1. The lowest BCUT2D eigenvalue weighted by Crippen LogP contribution is -2.51. The van der Waals surface area contributed by atoms with Gasteiger partial charge < -0.3 is 5.32 Å². The summed E-state index contributed by atoms with van der Waals surface area (Å²) < 4.78 is 1.73. The fourth-order valence-corrected chi connectivity index (χ4v) is 5.12. The smallest absolute Gasteiger partial charge is 0.231 e. The molecule has 4 aliphatic rings. The Balaban J connectivity index is 1.56. The lowest BCUT2D eigenvalue weighted by atomic mass is 9.49. The minimum absolute atomic E-state index is 0.0771. The molecule has 1 heterocycles. The molecule has 0 unspecified atom stereocenters. The molecule has 0 radical (unpaired) electrons. The summed E-state index contributed by atoms with van der Waals surface area (Å²) in [5.74, 6) is 3.34. The van der Waals surface area contributed by atoms with Gasteiger partial charge in [-0.1, -0.05) is 0 Å². The van der Waals surface area contributed by atoms with Crippen molar-refractivity contribution in [3.63, 3.8) is 0 Å². The number of nitrogens with one attached hydrogen (secondary N) is 1. The summed E-state index contributed by atoms with van der Waals surface area (Å²) in [7, 11) is 1.88. The fraction of sp³-hybridized carbons (Fsp3) is 0.733. The topological polar surface area (TPSA) is 46.9 Å². The molecular formula is C15H21N3O. The summed E-state index contributed by atoms with van der Waals surface area (Å²) in [5, 5.41) is 7.31. The third-order valence-electron chi connectivity index (χ3n) is 5.48. The zero-order chi connectivity index (χ0) is 13.0. The van der Waals surface area contributed by atoms with Gasteiger partial charge in [-0.15, -0.1) is 0 Å². The van der Waals surface area contributed by atoms with Crippen LogP contribution in [0.2, 0.25) is 0 Å². The highest BCUT2D eigenvalue weighted by Gasteiger charge is 2.54. The largest absolute Gasteiger partial charge is 0.309 e. The summed E-state index contributed by atoms with van der Waals surface area (Å²) in [6, 6.07) is 1.87. The molecule has 0 atom stereocenters. The van der Waals surface area contributed by atoms with E-state index in [4.69, 9.17) is 0 Å². The van der Waals surface area contributed by atoms with Crippen molar-refractivity contribution in [1.29, 1.82) is 0 Å². The predicted octanol–water partition coefficient (Wildman–Crippen LogP) is 2.58. The van der Waals surface area contributed by atoms with Gasteiger partial charge in [0.15, 0.2) is 5.82 Å². The summed E-state index contributed by atoms with van der Waals surface area (Å²) in [4.78, 5) is 12.7. The van der Waals surface area contributed by atoms with Crippen molar-refractivity contribution in [3.05, 3.63) is 12.3 Å². The summed E-state index contributed by atoms with van der Waals surface area (Å²) in [6.45, 7) is 0. The monoisotopic (exact) mass is 259 g/mol. The average molecular weight is 259 g/mol. The van der Waals surface area contributed by atoms with Crippen molar-refractivity contribution < 1.29 is 4.79 Å². The molecule has 5 rings (SSSR count).